The monoisotopic (exact) mass is 1510 g/mol. The minimum absolute atomic E-state index is 0.00117. The van der Waals surface area contributed by atoms with Crippen molar-refractivity contribution in [3.8, 4) is 6.07 Å². The van der Waals surface area contributed by atoms with E-state index in [0.717, 1.165) is 164 Å². The molecule has 0 aliphatic carbocycles. The van der Waals surface area contributed by atoms with Crippen molar-refractivity contribution >= 4 is 72.1 Å². The molecule has 0 radical (unpaired) electrons. The number of halogens is 4. The van der Waals surface area contributed by atoms with Gasteiger partial charge in [-0.15, -0.1) is 0 Å². The van der Waals surface area contributed by atoms with E-state index in [1.54, 1.807) is 30.5 Å². The average Bonchev–Trinajstić information content (AvgIpc) is 0.840. The van der Waals surface area contributed by atoms with Crippen LogP contribution in [0.25, 0.3) is 0 Å². The minimum atomic E-state index is -1.07. The second-order valence-corrected chi connectivity index (χ2v) is 28.8. The van der Waals surface area contributed by atoms with Crippen molar-refractivity contribution in [2.45, 2.75) is 162 Å². The summed E-state index contributed by atoms with van der Waals surface area (Å²) in [5, 5.41) is 28.7. The van der Waals surface area contributed by atoms with Crippen molar-refractivity contribution in [1.82, 2.24) is 49.3 Å². The first-order chi connectivity index (χ1) is 52.9. The number of aldehydes is 6. The summed E-state index contributed by atoms with van der Waals surface area (Å²) in [6.07, 6.45) is 21.4. The number of nitrogens with zero attached hydrogens (tertiary/aromatic N) is 11. The summed E-state index contributed by atoms with van der Waals surface area (Å²) in [6.45, 7) is 34.2. The van der Waals surface area contributed by atoms with E-state index < -0.39 is 29.1 Å². The van der Waals surface area contributed by atoms with E-state index in [-0.39, 0.29) is 29.4 Å². The van der Waals surface area contributed by atoms with Crippen LogP contribution in [-0.2, 0) is 0 Å². The van der Waals surface area contributed by atoms with Crippen LogP contribution >= 0.6 is 0 Å². The lowest BCUT2D eigenvalue weighted by Crippen LogP contribution is -2.54. The van der Waals surface area contributed by atoms with Gasteiger partial charge in [-0.2, -0.15) is 14.0 Å². The Labute approximate surface area is 641 Å². The Morgan fingerprint density at radius 3 is 1.15 bits per heavy atom. The number of aromatic nitrogens is 4. The van der Waals surface area contributed by atoms with Crippen LogP contribution in [0.5, 0.6) is 0 Å². The number of unbranched alkanes of at least 4 members (excludes halogenated alkanes) is 6. The van der Waals surface area contributed by atoms with Crippen LogP contribution in [0.4, 0.5) is 51.9 Å². The van der Waals surface area contributed by atoms with E-state index in [1.807, 2.05) is 31.2 Å². The van der Waals surface area contributed by atoms with Crippen molar-refractivity contribution in [2.75, 3.05) is 150 Å². The van der Waals surface area contributed by atoms with E-state index in [2.05, 4.69) is 135 Å². The van der Waals surface area contributed by atoms with Crippen molar-refractivity contribution in [1.29, 1.82) is 5.26 Å². The second-order valence-electron chi connectivity index (χ2n) is 28.8. The maximum Gasteiger partial charge on any atom is 0.228 e. The Morgan fingerprint density at radius 2 is 0.780 bits per heavy atom. The Kier molecular flexibility index (Phi) is 37.6. The lowest BCUT2D eigenvalue weighted by atomic mass is 10.1. The summed E-state index contributed by atoms with van der Waals surface area (Å²) < 4.78 is 53.3. The highest BCUT2D eigenvalue weighted by Crippen LogP contribution is 2.24. The first-order valence-corrected chi connectivity index (χ1v) is 38.8. The molecule has 4 aromatic heterocycles. The quantitative estimate of drug-likeness (QED) is 0.0121. The van der Waals surface area contributed by atoms with Crippen LogP contribution in [0, 0.1) is 41.8 Å². The molecule has 10 heterocycles. The third kappa shape index (κ3) is 29.0. The predicted molar refractivity (Wildman–Crippen MR) is 424 cm³/mol. The maximum atomic E-state index is 13.4. The summed E-state index contributed by atoms with van der Waals surface area (Å²) in [7, 11) is 0. The van der Waals surface area contributed by atoms with Gasteiger partial charge < -0.3 is 31.9 Å². The molecule has 6 fully saturated rings. The SMILES string of the molecule is CCCCN1CC(Nc2cc(F)c(C=O)c(F)n2)C1.CCCCN1CC(Nc2ccc(C=O)c(C#N)c2)C1.CCCCN1CC(Nc2ccc(C=O)c(C)c2)C1.CCCCN1CC(Nc2ccc(C=O)c(F)n2)C1.CCCCN1CC(Nc2ccc(C=O)nc2)C1.CCCCN1CC(Nc2cnc(C=O)c(F)c2)C1. The lowest BCUT2D eigenvalue weighted by molar-refractivity contribution is 0.110. The first-order valence-electron chi connectivity index (χ1n) is 38.8. The van der Waals surface area contributed by atoms with Gasteiger partial charge in [0, 0.05) is 113 Å². The van der Waals surface area contributed by atoms with E-state index in [9.17, 15) is 46.3 Å². The van der Waals surface area contributed by atoms with E-state index in [0.29, 0.717) is 71.1 Å². The Bertz CT molecular complexity index is 3610. The van der Waals surface area contributed by atoms with Crippen molar-refractivity contribution in [3.05, 3.63) is 153 Å². The first kappa shape index (κ1) is 87.1. The van der Waals surface area contributed by atoms with Gasteiger partial charge in [0.15, 0.2) is 37.2 Å². The van der Waals surface area contributed by atoms with Gasteiger partial charge in [0.1, 0.15) is 40.7 Å². The number of carbonyl (C=O) groups is 6. The molecule has 12 rings (SSSR count). The van der Waals surface area contributed by atoms with Gasteiger partial charge in [0.05, 0.1) is 77.2 Å². The topological polar surface area (TPSA) is 269 Å². The third-order valence-electron chi connectivity index (χ3n) is 19.6. The number of hydrogen-bond acceptors (Lipinski definition) is 23. The molecule has 6 saturated heterocycles. The zero-order chi connectivity index (χ0) is 78.5. The minimum Gasteiger partial charge on any atom is -0.380 e. The fraction of sp³-hybridized carbons (Fsp3) is 0.524. The summed E-state index contributed by atoms with van der Waals surface area (Å²) in [5.41, 5.74) is 6.09. The van der Waals surface area contributed by atoms with Crippen molar-refractivity contribution in [3.63, 3.8) is 0 Å². The van der Waals surface area contributed by atoms with E-state index in [4.69, 9.17) is 5.26 Å². The number of nitrogens with one attached hydrogen (secondary N) is 6. The molecule has 109 heavy (non-hydrogen) atoms. The van der Waals surface area contributed by atoms with Crippen LogP contribution < -0.4 is 31.9 Å². The maximum absolute atomic E-state index is 13.4. The molecule has 0 amide bonds. The molecule has 27 heteroatoms. The number of hydrogen-bond donors (Lipinski definition) is 6. The summed E-state index contributed by atoms with van der Waals surface area (Å²) in [6, 6.07) is 24.8. The average molecular weight is 1510 g/mol. The number of nitriles is 1. The van der Waals surface area contributed by atoms with Gasteiger partial charge in [0.2, 0.25) is 11.9 Å². The molecule has 0 saturated carbocycles. The number of carbonyl (C=O) groups excluding carboxylic acids is 6. The van der Waals surface area contributed by atoms with Crippen LogP contribution in [0.2, 0.25) is 0 Å². The van der Waals surface area contributed by atoms with Gasteiger partial charge >= 0.3 is 0 Å². The molecular weight excluding hydrogens is 1400 g/mol. The second kappa shape index (κ2) is 47.0. The Morgan fingerprint density at radius 1 is 0.394 bits per heavy atom. The van der Waals surface area contributed by atoms with Gasteiger partial charge in [0.25, 0.3) is 0 Å². The molecule has 6 aliphatic heterocycles. The number of aryl methyl sites for hydroxylation is 1. The number of anilines is 6. The van der Waals surface area contributed by atoms with Crippen LogP contribution in [0.3, 0.4) is 0 Å². The fourth-order valence-electron chi connectivity index (χ4n) is 12.9. The summed E-state index contributed by atoms with van der Waals surface area (Å²) >= 11 is 0. The zero-order valence-corrected chi connectivity index (χ0v) is 64.6. The van der Waals surface area contributed by atoms with E-state index in [1.165, 1.54) is 102 Å². The molecular formula is C82H113F4N17O6. The Hall–Kier alpha value is -9.17. The lowest BCUT2D eigenvalue weighted by Gasteiger charge is -2.40. The molecule has 0 bridgehead atoms. The highest BCUT2D eigenvalue weighted by molar-refractivity contribution is 5.81. The molecule has 0 atom stereocenters. The highest BCUT2D eigenvalue weighted by Gasteiger charge is 2.31. The van der Waals surface area contributed by atoms with Crippen LogP contribution in [-0.4, -0.2) is 241 Å². The number of rotatable bonds is 36. The molecule has 2 aromatic carbocycles. The highest BCUT2D eigenvalue weighted by atomic mass is 19.1. The molecule has 6 aromatic rings. The predicted octanol–water partition coefficient (Wildman–Crippen LogP) is 12.7. The van der Waals surface area contributed by atoms with Crippen LogP contribution in [0.15, 0.2) is 85.2 Å². The third-order valence-corrected chi connectivity index (χ3v) is 19.6. The molecule has 6 N–H and O–H groups in total. The number of pyridine rings is 4. The van der Waals surface area contributed by atoms with Gasteiger partial charge in [-0.1, -0.05) is 80.1 Å². The standard InChI is InChI=1S/C15H19N3O.C15H22N2O.C13H17F2N3O.2C13H18FN3O.C13H19N3O/c1-2-3-6-18-9-15(10-18)17-14-5-4-12(11-19)13(7-14)8-16;1-3-4-7-17-9-15(10-17)16-14-6-5-13(11-18)12(2)8-14;1-2-3-4-18-6-9(7-18)16-12-5-11(14)10(8-19)13(15)17-12;1-2-3-6-17-7-11(8-17)15-12-5-4-10(9-18)13(14)16-12;1-2-3-4-17-7-11(8-17)16-10-5-12(14)13(9-18)15-6-10;1-2-3-6-16-8-13(9-16)15-11-4-5-12(10-17)14-7-11/h4-5,7,11,15,17H,2-3,6,9-10H2,1H3;5-6,8,11,15-16H,3-4,7,9-10H2,1-2H3;5,8-9H,2-4,6-7H2,1H3,(H,16,17);4-5,9,11H,2-3,6-8H2,1H3,(H,15,16);5-6,9,11,16H,2-4,7-8H2,1H3;4-5,7,10,13,15H,2-3,6,8-9H2,1H3. The normalized spacial score (nSPS) is 16.2. The zero-order valence-electron chi connectivity index (χ0n) is 64.6. The molecule has 0 spiro atoms. The summed E-state index contributed by atoms with van der Waals surface area (Å²) in [5.74, 6) is -2.60. The fourth-order valence-corrected chi connectivity index (χ4v) is 12.9. The summed E-state index contributed by atoms with van der Waals surface area (Å²) in [4.78, 5) is 92.7. The van der Waals surface area contributed by atoms with Crippen molar-refractivity contribution < 1.29 is 46.3 Å². The number of benzene rings is 2. The van der Waals surface area contributed by atoms with Gasteiger partial charge in [-0.3, -0.25) is 63.2 Å². The van der Waals surface area contributed by atoms with Gasteiger partial charge in [-0.25, -0.2) is 23.7 Å². The molecule has 590 valence electrons. The number of likely N-dealkylation sites (tertiary alicyclic amines) is 6. The molecule has 23 nitrogen and oxygen atoms in total. The van der Waals surface area contributed by atoms with Crippen LogP contribution in [0.1, 0.15) is 192 Å². The largest absolute Gasteiger partial charge is 0.380 e. The molecule has 0 unspecified atom stereocenters. The Balaban J connectivity index is 0.000000182. The van der Waals surface area contributed by atoms with E-state index >= 15 is 0 Å². The smallest absolute Gasteiger partial charge is 0.228 e. The molecule has 6 aliphatic rings. The van der Waals surface area contributed by atoms with Gasteiger partial charge in [-0.05, 0) is 151 Å². The van der Waals surface area contributed by atoms with Crippen molar-refractivity contribution in [2.24, 2.45) is 0 Å².